The van der Waals surface area contributed by atoms with Gasteiger partial charge in [0.15, 0.2) is 5.65 Å². The number of nitrogens with zero attached hydrogens (tertiary/aromatic N) is 5. The topological polar surface area (TPSA) is 63.5 Å². The van der Waals surface area contributed by atoms with Crippen LogP contribution < -0.4 is 0 Å². The highest BCUT2D eigenvalue weighted by atomic mass is 32.1. The summed E-state index contributed by atoms with van der Waals surface area (Å²) in [6.45, 7) is 12.0. The third kappa shape index (κ3) is 4.44. The summed E-state index contributed by atoms with van der Waals surface area (Å²) in [5.41, 5.74) is 2.34. The molecule has 2 aliphatic rings. The second-order valence-corrected chi connectivity index (χ2v) is 10.7. The normalized spacial score (nSPS) is 24.3. The molecule has 1 amide bonds. The number of hydrogen-bond donors (Lipinski definition) is 0. The highest BCUT2D eigenvalue weighted by Gasteiger charge is 2.34. The number of hydrogen-bond acceptors (Lipinski definition) is 6. The van der Waals surface area contributed by atoms with Crippen molar-refractivity contribution in [3.63, 3.8) is 0 Å². The summed E-state index contributed by atoms with van der Waals surface area (Å²) < 4.78 is 7.82. The third-order valence-electron chi connectivity index (χ3n) is 6.66. The fourth-order valence-corrected chi connectivity index (χ4v) is 5.99. The Morgan fingerprint density at radius 1 is 1.27 bits per heavy atom. The largest absolute Gasteiger partial charge is 0.373 e. The molecule has 176 valence electrons. The number of amides is 1. The van der Waals surface area contributed by atoms with Gasteiger partial charge in [-0.2, -0.15) is 5.10 Å². The van der Waals surface area contributed by atoms with E-state index < -0.39 is 0 Å². The first kappa shape index (κ1) is 22.5. The molecule has 2 saturated heterocycles. The van der Waals surface area contributed by atoms with Gasteiger partial charge in [0.2, 0.25) is 0 Å². The molecule has 0 bridgehead atoms. The molecule has 0 radical (unpaired) electrons. The van der Waals surface area contributed by atoms with E-state index in [-0.39, 0.29) is 30.2 Å². The molecule has 33 heavy (non-hydrogen) atoms. The molecule has 3 aromatic rings. The number of likely N-dealkylation sites (tertiary alicyclic amines) is 1. The Balaban J connectivity index is 1.48. The predicted molar refractivity (Wildman–Crippen MR) is 132 cm³/mol. The molecule has 2 aliphatic heterocycles. The van der Waals surface area contributed by atoms with Crippen molar-refractivity contribution >= 4 is 28.3 Å². The maximum absolute atomic E-state index is 14.0. The van der Waals surface area contributed by atoms with Crippen molar-refractivity contribution in [1.82, 2.24) is 24.6 Å². The number of ether oxygens (including phenoxy) is 1. The van der Waals surface area contributed by atoms with E-state index in [0.29, 0.717) is 5.56 Å². The molecule has 0 N–H and O–H groups in total. The zero-order valence-electron chi connectivity index (χ0n) is 19.9. The summed E-state index contributed by atoms with van der Waals surface area (Å²) in [5, 5.41) is 7.47. The minimum absolute atomic E-state index is 0.0976. The molecule has 8 heteroatoms. The Morgan fingerprint density at radius 3 is 2.76 bits per heavy atom. The Labute approximate surface area is 199 Å². The molecular weight excluding hydrogens is 434 g/mol. The van der Waals surface area contributed by atoms with Gasteiger partial charge in [-0.15, -0.1) is 11.3 Å². The van der Waals surface area contributed by atoms with Gasteiger partial charge in [-0.1, -0.05) is 6.07 Å². The lowest BCUT2D eigenvalue weighted by atomic mass is 10.1. The van der Waals surface area contributed by atoms with Gasteiger partial charge in [-0.3, -0.25) is 9.69 Å². The average Bonchev–Trinajstić information content (AvgIpc) is 3.52. The molecule has 0 spiro atoms. The SMILES string of the molecule is CC1CN(CC2CCCN2C(=O)c2cc(-c3cccs3)nc3c2cnn3C(C)C)CC(C)O1. The Hall–Kier alpha value is -2.29. The van der Waals surface area contributed by atoms with E-state index in [9.17, 15) is 4.79 Å². The number of morpholine rings is 1. The van der Waals surface area contributed by atoms with Crippen LogP contribution in [0.25, 0.3) is 21.6 Å². The summed E-state index contributed by atoms with van der Waals surface area (Å²) in [4.78, 5) is 24.5. The molecule has 0 saturated carbocycles. The predicted octanol–water partition coefficient (Wildman–Crippen LogP) is 4.45. The molecule has 3 aromatic heterocycles. The first-order valence-electron chi connectivity index (χ1n) is 12.0. The van der Waals surface area contributed by atoms with Gasteiger partial charge in [0, 0.05) is 38.3 Å². The van der Waals surface area contributed by atoms with Gasteiger partial charge in [0.25, 0.3) is 5.91 Å². The van der Waals surface area contributed by atoms with Crippen molar-refractivity contribution in [2.75, 3.05) is 26.2 Å². The van der Waals surface area contributed by atoms with E-state index >= 15 is 0 Å². The van der Waals surface area contributed by atoms with Crippen molar-refractivity contribution in [3.8, 4) is 10.6 Å². The summed E-state index contributed by atoms with van der Waals surface area (Å²) >= 11 is 1.64. The van der Waals surface area contributed by atoms with Crippen LogP contribution >= 0.6 is 11.3 Å². The standard InChI is InChI=1S/C25H33N5O2S/c1-16(2)30-24-21(12-26-30)20(11-22(27-24)23-8-6-10-33-23)25(31)29-9-5-7-19(29)15-28-13-17(3)32-18(4)14-28/h6,8,10-12,16-19H,5,7,9,13-15H2,1-4H3. The molecule has 0 aliphatic carbocycles. The van der Waals surface area contributed by atoms with Crippen LogP contribution in [0.4, 0.5) is 0 Å². The summed E-state index contributed by atoms with van der Waals surface area (Å²) in [7, 11) is 0. The van der Waals surface area contributed by atoms with E-state index in [1.54, 1.807) is 11.3 Å². The van der Waals surface area contributed by atoms with Crippen LogP contribution in [0.2, 0.25) is 0 Å². The lowest BCUT2D eigenvalue weighted by molar-refractivity contribution is -0.0715. The van der Waals surface area contributed by atoms with E-state index in [4.69, 9.17) is 9.72 Å². The fraction of sp³-hybridized carbons (Fsp3) is 0.560. The molecule has 0 aromatic carbocycles. The van der Waals surface area contributed by atoms with Gasteiger partial charge in [0.05, 0.1) is 39.9 Å². The van der Waals surface area contributed by atoms with Crippen LogP contribution in [0, 0.1) is 0 Å². The number of carbonyl (C=O) groups is 1. The third-order valence-corrected chi connectivity index (χ3v) is 7.55. The van der Waals surface area contributed by atoms with Crippen molar-refractivity contribution in [1.29, 1.82) is 0 Å². The van der Waals surface area contributed by atoms with Gasteiger partial charge < -0.3 is 9.64 Å². The summed E-state index contributed by atoms with van der Waals surface area (Å²) in [5.74, 6) is 0.0976. The Kier molecular flexibility index (Phi) is 6.24. The van der Waals surface area contributed by atoms with Crippen LogP contribution in [-0.2, 0) is 4.74 Å². The van der Waals surface area contributed by atoms with Crippen LogP contribution in [0.15, 0.2) is 29.8 Å². The van der Waals surface area contributed by atoms with E-state index in [0.717, 1.165) is 60.6 Å². The number of pyridine rings is 1. The average molecular weight is 468 g/mol. The quantitative estimate of drug-likeness (QED) is 0.555. The Bertz CT molecular complexity index is 1120. The minimum atomic E-state index is 0.0976. The number of aromatic nitrogens is 3. The number of thiophene rings is 1. The van der Waals surface area contributed by atoms with Gasteiger partial charge >= 0.3 is 0 Å². The second kappa shape index (κ2) is 9.16. The van der Waals surface area contributed by atoms with Crippen molar-refractivity contribution in [2.45, 2.75) is 64.8 Å². The molecule has 3 unspecified atom stereocenters. The van der Waals surface area contributed by atoms with Gasteiger partial charge in [-0.25, -0.2) is 9.67 Å². The molecule has 7 nitrogen and oxygen atoms in total. The molecule has 3 atom stereocenters. The van der Waals surface area contributed by atoms with Crippen LogP contribution in [-0.4, -0.2) is 74.9 Å². The van der Waals surface area contributed by atoms with E-state index in [2.05, 4.69) is 48.7 Å². The monoisotopic (exact) mass is 467 g/mol. The smallest absolute Gasteiger partial charge is 0.255 e. The summed E-state index contributed by atoms with van der Waals surface area (Å²) in [6.07, 6.45) is 4.36. The highest BCUT2D eigenvalue weighted by Crippen LogP contribution is 2.31. The number of rotatable bonds is 5. The molecule has 2 fully saturated rings. The van der Waals surface area contributed by atoms with Crippen LogP contribution in [0.1, 0.15) is 56.9 Å². The van der Waals surface area contributed by atoms with Crippen molar-refractivity contribution in [3.05, 3.63) is 35.3 Å². The first-order chi connectivity index (χ1) is 15.9. The highest BCUT2D eigenvalue weighted by molar-refractivity contribution is 7.13. The van der Waals surface area contributed by atoms with Crippen LogP contribution in [0.3, 0.4) is 0 Å². The Morgan fingerprint density at radius 2 is 2.06 bits per heavy atom. The minimum Gasteiger partial charge on any atom is -0.373 e. The molecule has 5 rings (SSSR count). The van der Waals surface area contributed by atoms with E-state index in [1.165, 1.54) is 0 Å². The van der Waals surface area contributed by atoms with Gasteiger partial charge in [0.1, 0.15) is 0 Å². The molecule has 5 heterocycles. The fourth-order valence-electron chi connectivity index (χ4n) is 5.30. The zero-order chi connectivity index (χ0) is 23.1. The number of fused-ring (bicyclic) bond motifs is 1. The number of carbonyl (C=O) groups excluding carboxylic acids is 1. The zero-order valence-corrected chi connectivity index (χ0v) is 20.7. The maximum atomic E-state index is 14.0. The molecular formula is C25H33N5O2S. The lowest BCUT2D eigenvalue weighted by Crippen LogP contribution is -2.50. The first-order valence-corrected chi connectivity index (χ1v) is 12.9. The van der Waals surface area contributed by atoms with Crippen LogP contribution in [0.5, 0.6) is 0 Å². The van der Waals surface area contributed by atoms with Crippen molar-refractivity contribution in [2.24, 2.45) is 0 Å². The lowest BCUT2D eigenvalue weighted by Gasteiger charge is -2.38. The second-order valence-electron chi connectivity index (χ2n) is 9.72. The van der Waals surface area contributed by atoms with E-state index in [1.807, 2.05) is 28.4 Å². The maximum Gasteiger partial charge on any atom is 0.255 e. The van der Waals surface area contributed by atoms with Gasteiger partial charge in [-0.05, 0) is 58.0 Å². The van der Waals surface area contributed by atoms with Crippen molar-refractivity contribution < 1.29 is 9.53 Å². The summed E-state index contributed by atoms with van der Waals surface area (Å²) in [6, 6.07) is 6.44.